The van der Waals surface area contributed by atoms with E-state index in [1.54, 1.807) is 18.2 Å². The van der Waals surface area contributed by atoms with Crippen LogP contribution in [-0.4, -0.2) is 13.1 Å². The van der Waals surface area contributed by atoms with E-state index in [1.165, 1.54) is 24.3 Å². The molecule has 1 N–H and O–H groups in total. The van der Waals surface area contributed by atoms with Crippen LogP contribution in [0.4, 0.5) is 13.2 Å². The number of rotatable bonds is 2. The van der Waals surface area contributed by atoms with Gasteiger partial charge in [0.15, 0.2) is 0 Å². The minimum absolute atomic E-state index is 0.0762. The smallest absolute Gasteiger partial charge is 0.129 e. The fourth-order valence-electron chi connectivity index (χ4n) is 3.17. The topological polar surface area (TPSA) is 12.0 Å². The molecule has 1 aliphatic heterocycles. The van der Waals surface area contributed by atoms with Crippen molar-refractivity contribution in [2.45, 2.75) is 18.3 Å². The summed E-state index contributed by atoms with van der Waals surface area (Å²) >= 11 is 0. The number of halogens is 3. The minimum atomic E-state index is -0.553. The third-order valence-electron chi connectivity index (χ3n) is 4.16. The molecule has 2 aromatic rings. The van der Waals surface area contributed by atoms with Crippen LogP contribution in [0.5, 0.6) is 0 Å². The van der Waals surface area contributed by atoms with Gasteiger partial charge in [-0.05, 0) is 42.6 Å². The van der Waals surface area contributed by atoms with Gasteiger partial charge in [-0.15, -0.1) is 0 Å². The number of hydrogen-bond donors (Lipinski definition) is 1. The highest BCUT2D eigenvalue weighted by Gasteiger charge is 2.32. The lowest BCUT2D eigenvalue weighted by molar-refractivity contribution is 0.372. The van der Waals surface area contributed by atoms with Crippen LogP contribution in [0.1, 0.15) is 29.4 Å². The highest BCUT2D eigenvalue weighted by molar-refractivity contribution is 5.32. The highest BCUT2D eigenvalue weighted by atomic mass is 19.1. The monoisotopic (exact) mass is 291 g/mol. The Morgan fingerprint density at radius 1 is 0.810 bits per heavy atom. The van der Waals surface area contributed by atoms with Gasteiger partial charge >= 0.3 is 0 Å². The normalized spacial score (nSPS) is 22.2. The van der Waals surface area contributed by atoms with Crippen molar-refractivity contribution in [1.29, 1.82) is 0 Å². The summed E-state index contributed by atoms with van der Waals surface area (Å²) in [5.74, 6) is -2.06. The molecule has 110 valence electrons. The third kappa shape index (κ3) is 2.68. The number of piperidine rings is 1. The highest BCUT2D eigenvalue weighted by Crippen LogP contribution is 2.40. The molecule has 0 aliphatic carbocycles. The van der Waals surface area contributed by atoms with Gasteiger partial charge in [-0.25, -0.2) is 13.2 Å². The summed E-state index contributed by atoms with van der Waals surface area (Å²) in [7, 11) is 0. The molecule has 1 fully saturated rings. The zero-order valence-corrected chi connectivity index (χ0v) is 11.5. The molecule has 1 aliphatic rings. The zero-order valence-electron chi connectivity index (χ0n) is 11.5. The van der Waals surface area contributed by atoms with E-state index in [-0.39, 0.29) is 23.2 Å². The summed E-state index contributed by atoms with van der Waals surface area (Å²) in [6.07, 6.45) is 0.580. The van der Waals surface area contributed by atoms with Gasteiger partial charge in [0.05, 0.1) is 0 Å². The minimum Gasteiger partial charge on any atom is -0.316 e. The molecule has 3 rings (SSSR count). The van der Waals surface area contributed by atoms with Crippen LogP contribution in [0, 0.1) is 17.5 Å². The first kappa shape index (κ1) is 14.1. The Morgan fingerprint density at radius 3 is 2.19 bits per heavy atom. The molecule has 1 nitrogen and oxygen atoms in total. The maximum Gasteiger partial charge on any atom is 0.129 e. The maximum atomic E-state index is 14.1. The van der Waals surface area contributed by atoms with Crippen LogP contribution < -0.4 is 5.32 Å². The summed E-state index contributed by atoms with van der Waals surface area (Å²) in [6.45, 7) is 1.18. The number of benzene rings is 2. The molecule has 0 saturated carbocycles. The molecule has 0 aromatic heterocycles. The van der Waals surface area contributed by atoms with Crippen LogP contribution >= 0.6 is 0 Å². The van der Waals surface area contributed by atoms with Gasteiger partial charge in [-0.3, -0.25) is 0 Å². The van der Waals surface area contributed by atoms with E-state index in [4.69, 9.17) is 0 Å². The van der Waals surface area contributed by atoms with Crippen LogP contribution in [0.15, 0.2) is 42.5 Å². The van der Waals surface area contributed by atoms with Gasteiger partial charge < -0.3 is 5.32 Å². The predicted molar refractivity (Wildman–Crippen MR) is 75.7 cm³/mol. The Hall–Kier alpha value is -1.81. The average Bonchev–Trinajstić information content (AvgIpc) is 2.48. The lowest BCUT2D eigenvalue weighted by atomic mass is 9.77. The van der Waals surface area contributed by atoms with Gasteiger partial charge in [0.25, 0.3) is 0 Å². The quantitative estimate of drug-likeness (QED) is 0.883. The zero-order chi connectivity index (χ0) is 14.8. The molecule has 2 atom stereocenters. The molecule has 4 heteroatoms. The molecule has 2 unspecified atom stereocenters. The molecule has 1 saturated heterocycles. The van der Waals surface area contributed by atoms with Gasteiger partial charge in [0.1, 0.15) is 17.5 Å². The summed E-state index contributed by atoms with van der Waals surface area (Å²) in [6, 6.07) is 10.3. The molecule has 21 heavy (non-hydrogen) atoms. The molecule has 0 spiro atoms. The lowest BCUT2D eigenvalue weighted by Crippen LogP contribution is -2.35. The van der Waals surface area contributed by atoms with Crippen molar-refractivity contribution in [3.63, 3.8) is 0 Å². The summed E-state index contributed by atoms with van der Waals surface area (Å²) in [5, 5.41) is 3.19. The molecular formula is C17H16F3N. The fraction of sp³-hybridized carbons (Fsp3) is 0.294. The lowest BCUT2D eigenvalue weighted by Gasteiger charge is -2.33. The fourth-order valence-corrected chi connectivity index (χ4v) is 3.17. The predicted octanol–water partition coefficient (Wildman–Crippen LogP) is 3.96. The second-order valence-corrected chi connectivity index (χ2v) is 5.36. The molecule has 0 amide bonds. The van der Waals surface area contributed by atoms with E-state index >= 15 is 0 Å². The van der Waals surface area contributed by atoms with Gasteiger partial charge in [0, 0.05) is 18.0 Å². The molecule has 2 aromatic carbocycles. The maximum absolute atomic E-state index is 14.1. The molecular weight excluding hydrogens is 275 g/mol. The first-order chi connectivity index (χ1) is 10.2. The van der Waals surface area contributed by atoms with E-state index in [0.29, 0.717) is 25.1 Å². The molecule has 0 bridgehead atoms. The largest absolute Gasteiger partial charge is 0.316 e. The number of nitrogens with one attached hydrogen (secondary N) is 1. The van der Waals surface area contributed by atoms with E-state index in [9.17, 15) is 13.2 Å². The Labute approximate surface area is 121 Å². The Morgan fingerprint density at radius 2 is 1.48 bits per heavy atom. The van der Waals surface area contributed by atoms with E-state index < -0.39 is 11.6 Å². The van der Waals surface area contributed by atoms with Crippen molar-refractivity contribution in [2.75, 3.05) is 13.1 Å². The van der Waals surface area contributed by atoms with Crippen LogP contribution in [0.25, 0.3) is 0 Å². The Kier molecular flexibility index (Phi) is 3.97. The van der Waals surface area contributed by atoms with Crippen molar-refractivity contribution in [1.82, 2.24) is 5.32 Å². The standard InChI is InChI=1S/C17H16F3N/c18-14-5-2-1-4-11(14)13-10-21-9-8-12(13)17-15(19)6-3-7-16(17)20/h1-7,12-13,21H,8-10H2. The SMILES string of the molecule is Fc1ccccc1C1CNCCC1c1c(F)cccc1F. The summed E-state index contributed by atoms with van der Waals surface area (Å²) < 4.78 is 42.2. The van der Waals surface area contributed by atoms with E-state index in [0.717, 1.165) is 0 Å². The van der Waals surface area contributed by atoms with Crippen molar-refractivity contribution in [2.24, 2.45) is 0 Å². The van der Waals surface area contributed by atoms with Crippen LogP contribution in [0.3, 0.4) is 0 Å². The molecule has 1 heterocycles. The van der Waals surface area contributed by atoms with Gasteiger partial charge in [-0.2, -0.15) is 0 Å². The van der Waals surface area contributed by atoms with Crippen molar-refractivity contribution in [3.8, 4) is 0 Å². The van der Waals surface area contributed by atoms with Gasteiger partial charge in [-0.1, -0.05) is 24.3 Å². The first-order valence-corrected chi connectivity index (χ1v) is 7.07. The van der Waals surface area contributed by atoms with E-state index in [2.05, 4.69) is 5.32 Å². The number of hydrogen-bond acceptors (Lipinski definition) is 1. The van der Waals surface area contributed by atoms with E-state index in [1.807, 2.05) is 0 Å². The summed E-state index contributed by atoms with van der Waals surface area (Å²) in [4.78, 5) is 0. The van der Waals surface area contributed by atoms with Crippen LogP contribution in [0.2, 0.25) is 0 Å². The Balaban J connectivity index is 2.05. The molecule has 0 radical (unpaired) electrons. The van der Waals surface area contributed by atoms with Crippen molar-refractivity contribution in [3.05, 3.63) is 71.0 Å². The first-order valence-electron chi connectivity index (χ1n) is 7.07. The van der Waals surface area contributed by atoms with Crippen molar-refractivity contribution >= 4 is 0 Å². The van der Waals surface area contributed by atoms with Crippen molar-refractivity contribution < 1.29 is 13.2 Å². The Bertz CT molecular complexity index is 621. The average molecular weight is 291 g/mol. The van der Waals surface area contributed by atoms with Crippen LogP contribution in [-0.2, 0) is 0 Å². The van der Waals surface area contributed by atoms with Gasteiger partial charge in [0.2, 0.25) is 0 Å². The third-order valence-corrected chi connectivity index (χ3v) is 4.16. The second-order valence-electron chi connectivity index (χ2n) is 5.36. The summed E-state index contributed by atoms with van der Waals surface area (Å²) in [5.41, 5.74) is 0.588. The second kappa shape index (κ2) is 5.90.